The van der Waals surface area contributed by atoms with E-state index in [1.807, 2.05) is 5.38 Å². The first kappa shape index (κ1) is 12.7. The van der Waals surface area contributed by atoms with Gasteiger partial charge in [-0.25, -0.2) is 0 Å². The summed E-state index contributed by atoms with van der Waals surface area (Å²) in [5.74, 6) is 0.286. The largest absolute Gasteiger partial charge is 0.332 e. The number of hydrogen-bond acceptors (Lipinski definition) is 2. The van der Waals surface area contributed by atoms with Crippen molar-refractivity contribution in [2.24, 2.45) is 0 Å². The smallest absolute Gasteiger partial charge is 0.264 e. The van der Waals surface area contributed by atoms with Crippen LogP contribution in [0.1, 0.15) is 47.8 Å². The van der Waals surface area contributed by atoms with Crippen LogP contribution in [0.4, 0.5) is 0 Å². The molecule has 18 heavy (non-hydrogen) atoms. The van der Waals surface area contributed by atoms with E-state index in [4.69, 9.17) is 0 Å². The van der Waals surface area contributed by atoms with Crippen molar-refractivity contribution in [2.75, 3.05) is 0 Å². The Kier molecular flexibility index (Phi) is 3.50. The van der Waals surface area contributed by atoms with Gasteiger partial charge in [-0.2, -0.15) is 0 Å². The van der Waals surface area contributed by atoms with Gasteiger partial charge < -0.3 is 4.90 Å². The van der Waals surface area contributed by atoms with Crippen molar-refractivity contribution >= 4 is 33.2 Å². The molecular formula is C14H18BrNOS. The number of hydrogen-bond donors (Lipinski definition) is 0. The van der Waals surface area contributed by atoms with Gasteiger partial charge in [-0.3, -0.25) is 4.79 Å². The molecule has 0 spiro atoms. The minimum atomic E-state index is 0.286. The summed E-state index contributed by atoms with van der Waals surface area (Å²) in [5, 5.41) is 2.05. The lowest BCUT2D eigenvalue weighted by molar-refractivity contribution is 0.0607. The van der Waals surface area contributed by atoms with Gasteiger partial charge in [0.05, 0.1) is 4.88 Å². The lowest BCUT2D eigenvalue weighted by Gasteiger charge is -2.37. The normalized spacial score (nSPS) is 30.8. The first-order valence-corrected chi connectivity index (χ1v) is 8.53. The van der Waals surface area contributed by atoms with Crippen LogP contribution in [-0.4, -0.2) is 27.7 Å². The zero-order chi connectivity index (χ0) is 12.7. The molecule has 0 aromatic carbocycles. The first-order chi connectivity index (χ1) is 8.70. The third kappa shape index (κ3) is 2.03. The molecule has 2 unspecified atom stereocenters. The monoisotopic (exact) mass is 327 g/mol. The van der Waals surface area contributed by atoms with Gasteiger partial charge in [0.1, 0.15) is 0 Å². The number of nitrogens with zero attached hydrogens (tertiary/aromatic N) is 1. The summed E-state index contributed by atoms with van der Waals surface area (Å²) in [6.45, 7) is 2.12. The highest BCUT2D eigenvalue weighted by molar-refractivity contribution is 9.09. The van der Waals surface area contributed by atoms with Crippen molar-refractivity contribution < 1.29 is 4.79 Å². The van der Waals surface area contributed by atoms with Gasteiger partial charge >= 0.3 is 0 Å². The first-order valence-electron chi connectivity index (χ1n) is 6.73. The quantitative estimate of drug-likeness (QED) is 0.756. The molecular weight excluding hydrogens is 310 g/mol. The van der Waals surface area contributed by atoms with E-state index in [1.54, 1.807) is 11.3 Å². The highest BCUT2D eigenvalue weighted by Gasteiger charge is 2.43. The number of piperidine rings is 1. The summed E-state index contributed by atoms with van der Waals surface area (Å²) >= 11 is 5.33. The average Bonchev–Trinajstić information content (AvgIpc) is 2.92. The van der Waals surface area contributed by atoms with E-state index in [0.29, 0.717) is 16.9 Å². The highest BCUT2D eigenvalue weighted by atomic mass is 79.9. The second-order valence-electron chi connectivity index (χ2n) is 5.29. The fourth-order valence-electron chi connectivity index (χ4n) is 3.36. The number of carbonyl (C=O) groups excluding carboxylic acids is 1. The molecule has 0 aliphatic carbocycles. The van der Waals surface area contributed by atoms with Crippen LogP contribution in [0.25, 0.3) is 0 Å². The lowest BCUT2D eigenvalue weighted by Crippen LogP contribution is -2.46. The number of aryl methyl sites for hydroxylation is 1. The molecule has 0 saturated carbocycles. The van der Waals surface area contributed by atoms with Crippen LogP contribution >= 0.6 is 27.3 Å². The van der Waals surface area contributed by atoms with Gasteiger partial charge in [0.25, 0.3) is 5.91 Å². The van der Waals surface area contributed by atoms with Crippen LogP contribution in [-0.2, 0) is 6.42 Å². The van der Waals surface area contributed by atoms with Gasteiger partial charge in [-0.1, -0.05) is 22.9 Å². The minimum absolute atomic E-state index is 0.286. The SMILES string of the molecule is CCc1ccsc1C(=O)N1C2CCC1CC(Br)C2. The molecule has 2 fully saturated rings. The van der Waals surface area contributed by atoms with E-state index in [9.17, 15) is 4.79 Å². The summed E-state index contributed by atoms with van der Waals surface area (Å²) in [5.41, 5.74) is 1.21. The highest BCUT2D eigenvalue weighted by Crippen LogP contribution is 2.40. The number of fused-ring (bicyclic) bond motifs is 2. The average molecular weight is 328 g/mol. The number of thiophene rings is 1. The molecule has 0 radical (unpaired) electrons. The molecule has 1 aromatic heterocycles. The lowest BCUT2D eigenvalue weighted by atomic mass is 10.0. The second-order valence-corrected chi connectivity index (χ2v) is 7.51. The van der Waals surface area contributed by atoms with Crippen molar-refractivity contribution in [3.05, 3.63) is 21.9 Å². The Bertz CT molecular complexity index is 444. The van der Waals surface area contributed by atoms with E-state index in [1.165, 1.54) is 18.4 Å². The molecule has 1 amide bonds. The zero-order valence-corrected chi connectivity index (χ0v) is 13.0. The summed E-state index contributed by atoms with van der Waals surface area (Å²) in [4.78, 5) is 16.5. The number of amides is 1. The van der Waals surface area contributed by atoms with E-state index in [-0.39, 0.29) is 5.91 Å². The molecule has 2 bridgehead atoms. The van der Waals surface area contributed by atoms with Crippen molar-refractivity contribution in [1.29, 1.82) is 0 Å². The Morgan fingerprint density at radius 3 is 2.72 bits per heavy atom. The number of rotatable bonds is 2. The predicted molar refractivity (Wildman–Crippen MR) is 78.6 cm³/mol. The molecule has 2 atom stereocenters. The van der Waals surface area contributed by atoms with Crippen LogP contribution < -0.4 is 0 Å². The third-order valence-corrected chi connectivity index (χ3v) is 5.92. The molecule has 2 aliphatic rings. The topological polar surface area (TPSA) is 20.3 Å². The Morgan fingerprint density at radius 2 is 2.11 bits per heavy atom. The van der Waals surface area contributed by atoms with Gasteiger partial charge in [0, 0.05) is 16.9 Å². The van der Waals surface area contributed by atoms with Crippen LogP contribution in [0.2, 0.25) is 0 Å². The molecule has 1 aromatic rings. The summed E-state index contributed by atoms with van der Waals surface area (Å²) in [7, 11) is 0. The summed E-state index contributed by atoms with van der Waals surface area (Å²) in [6.07, 6.45) is 5.57. The molecule has 0 N–H and O–H groups in total. The van der Waals surface area contributed by atoms with Crippen LogP contribution in [0, 0.1) is 0 Å². The number of carbonyl (C=O) groups is 1. The zero-order valence-electron chi connectivity index (χ0n) is 10.6. The maximum Gasteiger partial charge on any atom is 0.264 e. The van der Waals surface area contributed by atoms with Crippen molar-refractivity contribution in [3.8, 4) is 0 Å². The van der Waals surface area contributed by atoms with Crippen molar-refractivity contribution in [1.82, 2.24) is 4.90 Å². The molecule has 3 rings (SSSR count). The Balaban J connectivity index is 1.85. The number of halogens is 1. The molecule has 98 valence electrons. The Hall–Kier alpha value is -0.350. The van der Waals surface area contributed by atoms with Gasteiger partial charge in [-0.15, -0.1) is 11.3 Å². The van der Waals surface area contributed by atoms with E-state index < -0.39 is 0 Å². The van der Waals surface area contributed by atoms with Crippen molar-refractivity contribution in [3.63, 3.8) is 0 Å². The fraction of sp³-hybridized carbons (Fsp3) is 0.643. The fourth-order valence-corrected chi connectivity index (χ4v) is 5.16. The Labute approximate surface area is 120 Å². The van der Waals surface area contributed by atoms with E-state index in [2.05, 4.69) is 33.8 Å². The molecule has 3 heterocycles. The summed E-state index contributed by atoms with van der Waals surface area (Å²) < 4.78 is 0. The number of alkyl halides is 1. The third-order valence-electron chi connectivity index (χ3n) is 4.23. The van der Waals surface area contributed by atoms with Crippen molar-refractivity contribution in [2.45, 2.75) is 55.9 Å². The maximum atomic E-state index is 12.7. The predicted octanol–water partition coefficient (Wildman–Crippen LogP) is 3.84. The second kappa shape index (κ2) is 4.97. The Morgan fingerprint density at radius 1 is 1.44 bits per heavy atom. The maximum absolute atomic E-state index is 12.7. The standard InChI is InChI=1S/C14H18BrNOS/c1-2-9-5-6-18-13(9)14(17)16-11-3-4-12(16)8-10(15)7-11/h5-6,10-12H,2-4,7-8H2,1H3. The van der Waals surface area contributed by atoms with Crippen LogP contribution in [0.15, 0.2) is 11.4 Å². The van der Waals surface area contributed by atoms with Gasteiger partial charge in [0.15, 0.2) is 0 Å². The minimum Gasteiger partial charge on any atom is -0.332 e. The van der Waals surface area contributed by atoms with Crippen LogP contribution in [0.3, 0.4) is 0 Å². The summed E-state index contributed by atoms with van der Waals surface area (Å²) in [6, 6.07) is 3.02. The van der Waals surface area contributed by atoms with E-state index in [0.717, 1.165) is 24.1 Å². The molecule has 2 nitrogen and oxygen atoms in total. The molecule has 4 heteroatoms. The molecule has 2 saturated heterocycles. The van der Waals surface area contributed by atoms with Crippen LogP contribution in [0.5, 0.6) is 0 Å². The molecule has 2 aliphatic heterocycles. The van der Waals surface area contributed by atoms with Gasteiger partial charge in [-0.05, 0) is 49.1 Å². The van der Waals surface area contributed by atoms with Gasteiger partial charge in [0.2, 0.25) is 0 Å². The van der Waals surface area contributed by atoms with E-state index >= 15 is 0 Å².